The quantitative estimate of drug-likeness (QED) is 0.436. The lowest BCUT2D eigenvalue weighted by Crippen LogP contribution is -2.38. The molecule has 1 aromatic heterocycles. The first-order chi connectivity index (χ1) is 13.0. The Morgan fingerprint density at radius 1 is 1.14 bits per heavy atom. The predicted octanol–water partition coefficient (Wildman–Crippen LogP) is 5.61. The molecule has 3 rings (SSSR count). The molecule has 0 saturated heterocycles. The van der Waals surface area contributed by atoms with Gasteiger partial charge in [0.05, 0.1) is 10.2 Å². The number of halogens is 3. The fourth-order valence-electron chi connectivity index (χ4n) is 2.84. The molecule has 1 heterocycles. The molecule has 0 unspecified atom stereocenters. The van der Waals surface area contributed by atoms with E-state index in [4.69, 9.17) is 0 Å². The van der Waals surface area contributed by atoms with Gasteiger partial charge in [-0.05, 0) is 49.5 Å². The molecule has 0 radical (unpaired) electrons. The summed E-state index contributed by atoms with van der Waals surface area (Å²) in [4.78, 5) is 21.7. The van der Waals surface area contributed by atoms with E-state index >= 15 is 0 Å². The minimum atomic E-state index is -0.419. The Morgan fingerprint density at radius 3 is 2.57 bits per heavy atom. The highest BCUT2D eigenvalue weighted by atomic mass is 79.9. The van der Waals surface area contributed by atoms with E-state index in [1.807, 2.05) is 18.2 Å². The second kappa shape index (κ2) is 10.3. The molecule has 2 aromatic carbocycles. The van der Waals surface area contributed by atoms with Crippen molar-refractivity contribution in [1.82, 2.24) is 9.88 Å². The fraction of sp³-hybridized carbons (Fsp3) is 0.300. The molecule has 0 bridgehead atoms. The van der Waals surface area contributed by atoms with Crippen LogP contribution in [0.25, 0.3) is 10.2 Å². The van der Waals surface area contributed by atoms with Crippen LogP contribution in [0, 0.1) is 5.82 Å². The zero-order chi connectivity index (χ0) is 19.4. The van der Waals surface area contributed by atoms with Crippen molar-refractivity contribution in [2.45, 2.75) is 13.8 Å². The number of rotatable bonds is 7. The highest BCUT2D eigenvalue weighted by molar-refractivity contribution is 9.10. The molecule has 0 aliphatic carbocycles. The summed E-state index contributed by atoms with van der Waals surface area (Å²) in [6.45, 7) is 7.23. The van der Waals surface area contributed by atoms with Crippen LogP contribution in [0.1, 0.15) is 24.2 Å². The van der Waals surface area contributed by atoms with Gasteiger partial charge in [0, 0.05) is 23.1 Å². The normalized spacial score (nSPS) is 10.9. The Hall–Kier alpha value is -1.54. The number of aromatic nitrogens is 1. The number of benzene rings is 2. The number of carbonyl (C=O) groups is 1. The summed E-state index contributed by atoms with van der Waals surface area (Å²) in [5, 5.41) is 0.629. The van der Waals surface area contributed by atoms with Crippen LogP contribution in [-0.4, -0.2) is 42.0 Å². The van der Waals surface area contributed by atoms with E-state index in [9.17, 15) is 9.18 Å². The van der Waals surface area contributed by atoms with Crippen molar-refractivity contribution in [3.8, 4) is 0 Å². The number of anilines is 1. The molecule has 3 aromatic rings. The summed E-state index contributed by atoms with van der Waals surface area (Å²) >= 11 is 4.94. The van der Waals surface area contributed by atoms with E-state index in [-0.39, 0.29) is 18.3 Å². The molecule has 1 amide bonds. The molecule has 0 fully saturated rings. The number of hydrogen-bond donors (Lipinski definition) is 0. The minimum Gasteiger partial charge on any atom is -0.302 e. The summed E-state index contributed by atoms with van der Waals surface area (Å²) in [6.07, 6.45) is 0. The third-order valence-corrected chi connectivity index (χ3v) is 5.96. The zero-order valence-electron chi connectivity index (χ0n) is 15.7. The SMILES string of the molecule is CCN(CC)CCN(C(=O)c1cccc(F)c1)c1nc2ccc(Br)cc2s1.Cl. The summed E-state index contributed by atoms with van der Waals surface area (Å²) in [7, 11) is 0. The van der Waals surface area contributed by atoms with Crippen LogP contribution in [0.3, 0.4) is 0 Å². The topological polar surface area (TPSA) is 36.4 Å². The van der Waals surface area contributed by atoms with Gasteiger partial charge in [0.2, 0.25) is 0 Å². The summed E-state index contributed by atoms with van der Waals surface area (Å²) < 4.78 is 15.6. The smallest absolute Gasteiger partial charge is 0.260 e. The second-order valence-electron chi connectivity index (χ2n) is 6.10. The maximum Gasteiger partial charge on any atom is 0.260 e. The van der Waals surface area contributed by atoms with Crippen molar-refractivity contribution < 1.29 is 9.18 Å². The standard InChI is InChI=1S/C20H21BrFN3OS.ClH/c1-3-24(4-2)10-11-25(19(26)14-6-5-7-16(22)12-14)20-23-17-9-8-15(21)13-18(17)27-20;/h5-9,12-13H,3-4,10-11H2,1-2H3;1H. The average molecular weight is 487 g/mol. The Kier molecular flexibility index (Phi) is 8.37. The van der Waals surface area contributed by atoms with E-state index in [0.717, 1.165) is 34.3 Å². The van der Waals surface area contributed by atoms with Gasteiger partial charge in [-0.25, -0.2) is 9.37 Å². The molecule has 0 atom stereocenters. The zero-order valence-corrected chi connectivity index (χ0v) is 18.9. The lowest BCUT2D eigenvalue weighted by molar-refractivity contribution is 0.0983. The summed E-state index contributed by atoms with van der Waals surface area (Å²) in [5.74, 6) is -0.655. The van der Waals surface area contributed by atoms with Gasteiger partial charge in [-0.2, -0.15) is 0 Å². The lowest BCUT2D eigenvalue weighted by atomic mass is 10.2. The van der Waals surface area contributed by atoms with Gasteiger partial charge in [-0.1, -0.05) is 47.2 Å². The third-order valence-electron chi connectivity index (χ3n) is 4.42. The van der Waals surface area contributed by atoms with Gasteiger partial charge >= 0.3 is 0 Å². The van der Waals surface area contributed by atoms with Crippen LogP contribution in [0.2, 0.25) is 0 Å². The van der Waals surface area contributed by atoms with Crippen molar-refractivity contribution >= 4 is 60.9 Å². The number of amides is 1. The molecule has 0 aliphatic heterocycles. The fourth-order valence-corrected chi connectivity index (χ4v) is 4.39. The first kappa shape index (κ1) is 22.7. The molecular formula is C20H22BrClFN3OS. The Bertz CT molecular complexity index is 948. The van der Waals surface area contributed by atoms with Crippen LogP contribution < -0.4 is 4.90 Å². The molecule has 8 heteroatoms. The minimum absolute atomic E-state index is 0. The Morgan fingerprint density at radius 2 is 1.89 bits per heavy atom. The van der Waals surface area contributed by atoms with Crippen molar-refractivity contribution in [3.63, 3.8) is 0 Å². The van der Waals surface area contributed by atoms with Gasteiger partial charge < -0.3 is 4.90 Å². The van der Waals surface area contributed by atoms with Crippen LogP contribution >= 0.6 is 39.7 Å². The molecule has 0 aliphatic rings. The molecule has 0 N–H and O–H groups in total. The lowest BCUT2D eigenvalue weighted by Gasteiger charge is -2.24. The molecule has 0 spiro atoms. The molecular weight excluding hydrogens is 465 g/mol. The maximum atomic E-state index is 13.6. The first-order valence-electron chi connectivity index (χ1n) is 8.87. The number of fused-ring (bicyclic) bond motifs is 1. The van der Waals surface area contributed by atoms with E-state index in [1.54, 1.807) is 17.0 Å². The van der Waals surface area contributed by atoms with E-state index < -0.39 is 5.82 Å². The summed E-state index contributed by atoms with van der Waals surface area (Å²) in [5.41, 5.74) is 1.17. The van der Waals surface area contributed by atoms with Crippen molar-refractivity contribution in [3.05, 3.63) is 58.3 Å². The molecule has 0 saturated carbocycles. The van der Waals surface area contributed by atoms with Gasteiger partial charge in [0.15, 0.2) is 5.13 Å². The van der Waals surface area contributed by atoms with E-state index in [2.05, 4.69) is 39.7 Å². The molecule has 28 heavy (non-hydrogen) atoms. The van der Waals surface area contributed by atoms with E-state index in [0.29, 0.717) is 17.2 Å². The van der Waals surface area contributed by atoms with Gasteiger partial charge in [0.25, 0.3) is 5.91 Å². The van der Waals surface area contributed by atoms with Gasteiger partial charge in [-0.15, -0.1) is 12.4 Å². The second-order valence-corrected chi connectivity index (χ2v) is 8.03. The van der Waals surface area contributed by atoms with Crippen molar-refractivity contribution in [2.24, 2.45) is 0 Å². The van der Waals surface area contributed by atoms with Gasteiger partial charge in [-0.3, -0.25) is 9.69 Å². The monoisotopic (exact) mass is 485 g/mol. The van der Waals surface area contributed by atoms with Crippen LogP contribution in [0.15, 0.2) is 46.9 Å². The molecule has 4 nitrogen and oxygen atoms in total. The molecule has 150 valence electrons. The Balaban J connectivity index is 0.00000280. The van der Waals surface area contributed by atoms with Crippen LogP contribution in [-0.2, 0) is 0 Å². The van der Waals surface area contributed by atoms with E-state index in [1.165, 1.54) is 23.5 Å². The van der Waals surface area contributed by atoms with Gasteiger partial charge in [0.1, 0.15) is 5.82 Å². The van der Waals surface area contributed by atoms with Crippen LogP contribution in [0.5, 0.6) is 0 Å². The first-order valence-corrected chi connectivity index (χ1v) is 10.5. The van der Waals surface area contributed by atoms with Crippen molar-refractivity contribution in [2.75, 3.05) is 31.1 Å². The number of carbonyl (C=O) groups excluding carboxylic acids is 1. The largest absolute Gasteiger partial charge is 0.302 e. The number of likely N-dealkylation sites (N-methyl/N-ethyl adjacent to an activating group) is 1. The van der Waals surface area contributed by atoms with Crippen LogP contribution in [0.4, 0.5) is 9.52 Å². The summed E-state index contributed by atoms with van der Waals surface area (Å²) in [6, 6.07) is 11.7. The maximum absolute atomic E-state index is 13.6. The third kappa shape index (κ3) is 5.29. The number of nitrogens with zero attached hydrogens (tertiary/aromatic N) is 3. The highest BCUT2D eigenvalue weighted by Gasteiger charge is 2.22. The number of thiazole rings is 1. The Labute approximate surface area is 182 Å². The average Bonchev–Trinajstić information content (AvgIpc) is 3.07. The number of hydrogen-bond acceptors (Lipinski definition) is 4. The predicted molar refractivity (Wildman–Crippen MR) is 120 cm³/mol. The highest BCUT2D eigenvalue weighted by Crippen LogP contribution is 2.31. The van der Waals surface area contributed by atoms with Crippen molar-refractivity contribution in [1.29, 1.82) is 0 Å².